The Morgan fingerprint density at radius 2 is 2.06 bits per heavy atom. The summed E-state index contributed by atoms with van der Waals surface area (Å²) < 4.78 is 4.42. The first-order chi connectivity index (χ1) is 7.70. The number of halogens is 1. The Labute approximate surface area is 105 Å². The second-order valence-corrected chi connectivity index (χ2v) is 4.63. The average Bonchev–Trinajstić information content (AvgIpc) is 2.69. The van der Waals surface area contributed by atoms with E-state index in [-0.39, 0.29) is 5.56 Å². The van der Waals surface area contributed by atoms with Gasteiger partial charge in [0.2, 0.25) is 0 Å². The largest absolute Gasteiger partial charge is 0.295 e. The molecule has 16 heavy (non-hydrogen) atoms. The zero-order chi connectivity index (χ0) is 11.3. The summed E-state index contributed by atoms with van der Waals surface area (Å²) in [5.41, 5.74) is 1.75. The van der Waals surface area contributed by atoms with Gasteiger partial charge in [-0.1, -0.05) is 12.1 Å². The molecule has 0 spiro atoms. The molecule has 0 radical (unpaired) electrons. The maximum atomic E-state index is 12.1. The fraction of sp³-hybridized carbons (Fsp3) is 0.0909. The van der Waals surface area contributed by atoms with Crippen molar-refractivity contribution in [3.05, 3.63) is 44.6 Å². The lowest BCUT2D eigenvalue weighted by Crippen LogP contribution is -2.19. The van der Waals surface area contributed by atoms with Crippen LogP contribution in [-0.2, 0) is 7.05 Å². The van der Waals surface area contributed by atoms with Crippen molar-refractivity contribution in [2.24, 2.45) is 7.05 Å². The quantitative estimate of drug-likeness (QED) is 0.591. The first kappa shape index (κ1) is 9.83. The van der Waals surface area contributed by atoms with Crippen molar-refractivity contribution in [1.29, 1.82) is 0 Å². The molecule has 3 rings (SSSR count). The first-order valence-corrected chi connectivity index (χ1v) is 5.88. The third kappa shape index (κ3) is 1.14. The molecule has 0 aliphatic rings. The van der Waals surface area contributed by atoms with Crippen LogP contribution in [0, 0.1) is 3.70 Å². The Bertz CT molecular complexity index is 757. The maximum Gasteiger partial charge on any atom is 0.261 e. The molecule has 0 aliphatic heterocycles. The zero-order valence-corrected chi connectivity index (χ0v) is 10.7. The molecule has 0 fully saturated rings. The number of imidazole rings is 1. The number of para-hydroxylation sites is 1. The molecule has 0 atom stereocenters. The van der Waals surface area contributed by atoms with E-state index in [4.69, 9.17) is 0 Å². The molecule has 0 saturated heterocycles. The van der Waals surface area contributed by atoms with Crippen molar-refractivity contribution in [3.63, 3.8) is 0 Å². The van der Waals surface area contributed by atoms with Gasteiger partial charge >= 0.3 is 0 Å². The highest BCUT2D eigenvalue weighted by molar-refractivity contribution is 14.1. The molecule has 80 valence electrons. The SMILES string of the molecule is Cn1c(=O)c2ccccc2n2cnc(I)c12. The molecule has 3 aromatic rings. The summed E-state index contributed by atoms with van der Waals surface area (Å²) in [6.45, 7) is 0. The predicted molar refractivity (Wildman–Crippen MR) is 70.7 cm³/mol. The number of aryl methyl sites for hydroxylation is 1. The average molecular weight is 325 g/mol. The van der Waals surface area contributed by atoms with Crippen molar-refractivity contribution >= 4 is 39.1 Å². The molecule has 0 amide bonds. The van der Waals surface area contributed by atoms with E-state index < -0.39 is 0 Å². The van der Waals surface area contributed by atoms with Crippen molar-refractivity contribution in [2.45, 2.75) is 0 Å². The topological polar surface area (TPSA) is 39.3 Å². The number of hydrogen-bond donors (Lipinski definition) is 0. The van der Waals surface area contributed by atoms with Gasteiger partial charge in [0.1, 0.15) is 10.0 Å². The van der Waals surface area contributed by atoms with Crippen LogP contribution < -0.4 is 5.56 Å². The van der Waals surface area contributed by atoms with Crippen LogP contribution in [0.3, 0.4) is 0 Å². The van der Waals surface area contributed by atoms with E-state index in [0.717, 1.165) is 14.9 Å². The molecule has 2 aromatic heterocycles. The molecule has 0 unspecified atom stereocenters. The number of benzene rings is 1. The zero-order valence-electron chi connectivity index (χ0n) is 8.51. The summed E-state index contributed by atoms with van der Waals surface area (Å²) >= 11 is 2.14. The van der Waals surface area contributed by atoms with E-state index in [2.05, 4.69) is 27.6 Å². The fourth-order valence-electron chi connectivity index (χ4n) is 1.94. The van der Waals surface area contributed by atoms with E-state index in [1.807, 2.05) is 28.7 Å². The van der Waals surface area contributed by atoms with E-state index in [1.54, 1.807) is 17.9 Å². The van der Waals surface area contributed by atoms with Gasteiger partial charge in [0, 0.05) is 7.05 Å². The summed E-state index contributed by atoms with van der Waals surface area (Å²) in [5.74, 6) is 0. The van der Waals surface area contributed by atoms with Crippen LogP contribution in [0.2, 0.25) is 0 Å². The maximum absolute atomic E-state index is 12.1. The Kier molecular flexibility index (Phi) is 2.03. The third-order valence-electron chi connectivity index (χ3n) is 2.72. The number of fused-ring (bicyclic) bond motifs is 3. The Morgan fingerprint density at radius 1 is 1.31 bits per heavy atom. The molecular formula is C11H8IN3O. The molecule has 0 saturated carbocycles. The lowest BCUT2D eigenvalue weighted by atomic mass is 10.2. The Morgan fingerprint density at radius 3 is 2.88 bits per heavy atom. The van der Waals surface area contributed by atoms with Gasteiger partial charge in [-0.25, -0.2) is 4.98 Å². The molecule has 5 heteroatoms. The minimum Gasteiger partial charge on any atom is -0.295 e. The minimum absolute atomic E-state index is 0.0153. The highest BCUT2D eigenvalue weighted by Crippen LogP contribution is 2.16. The Balaban J connectivity index is 2.76. The lowest BCUT2D eigenvalue weighted by molar-refractivity contribution is 0.879. The van der Waals surface area contributed by atoms with Crippen molar-refractivity contribution in [1.82, 2.24) is 14.0 Å². The summed E-state index contributed by atoms with van der Waals surface area (Å²) in [6.07, 6.45) is 1.75. The summed E-state index contributed by atoms with van der Waals surface area (Å²) in [7, 11) is 1.77. The van der Waals surface area contributed by atoms with Gasteiger partial charge in [0.05, 0.1) is 10.9 Å². The molecule has 0 aliphatic carbocycles. The smallest absolute Gasteiger partial charge is 0.261 e. The normalized spacial score (nSPS) is 11.4. The predicted octanol–water partition coefficient (Wildman–Crippen LogP) is 1.79. The van der Waals surface area contributed by atoms with Gasteiger partial charge in [0.15, 0.2) is 5.65 Å². The molecule has 0 bridgehead atoms. The third-order valence-corrected chi connectivity index (χ3v) is 3.48. The van der Waals surface area contributed by atoms with E-state index in [1.165, 1.54) is 0 Å². The van der Waals surface area contributed by atoms with E-state index in [9.17, 15) is 4.79 Å². The van der Waals surface area contributed by atoms with Gasteiger partial charge in [0.25, 0.3) is 5.56 Å². The lowest BCUT2D eigenvalue weighted by Gasteiger charge is -2.06. The minimum atomic E-state index is 0.0153. The van der Waals surface area contributed by atoms with E-state index >= 15 is 0 Å². The van der Waals surface area contributed by atoms with Crippen LogP contribution in [0.5, 0.6) is 0 Å². The number of aromatic nitrogens is 3. The van der Waals surface area contributed by atoms with Crippen molar-refractivity contribution < 1.29 is 0 Å². The van der Waals surface area contributed by atoms with Crippen LogP contribution in [0.1, 0.15) is 0 Å². The van der Waals surface area contributed by atoms with Crippen molar-refractivity contribution in [2.75, 3.05) is 0 Å². The molecule has 4 nitrogen and oxygen atoms in total. The number of nitrogens with zero attached hydrogens (tertiary/aromatic N) is 3. The van der Waals surface area contributed by atoms with Gasteiger partial charge in [-0.3, -0.25) is 13.8 Å². The van der Waals surface area contributed by atoms with Crippen LogP contribution in [-0.4, -0.2) is 14.0 Å². The van der Waals surface area contributed by atoms with Gasteiger partial charge in [-0.2, -0.15) is 0 Å². The second-order valence-electron chi connectivity index (χ2n) is 3.61. The molecule has 2 heterocycles. The summed E-state index contributed by atoms with van der Waals surface area (Å²) in [6, 6.07) is 7.57. The fourth-order valence-corrected chi connectivity index (χ4v) is 2.68. The number of rotatable bonds is 0. The van der Waals surface area contributed by atoms with Crippen LogP contribution in [0.4, 0.5) is 0 Å². The highest BCUT2D eigenvalue weighted by atomic mass is 127. The number of hydrogen-bond acceptors (Lipinski definition) is 2. The van der Waals surface area contributed by atoms with Crippen LogP contribution in [0.25, 0.3) is 16.6 Å². The monoisotopic (exact) mass is 325 g/mol. The van der Waals surface area contributed by atoms with Crippen molar-refractivity contribution in [3.8, 4) is 0 Å². The van der Waals surface area contributed by atoms with Gasteiger partial charge in [-0.05, 0) is 34.7 Å². The first-order valence-electron chi connectivity index (χ1n) is 4.80. The van der Waals surface area contributed by atoms with Gasteiger partial charge in [-0.15, -0.1) is 0 Å². The summed E-state index contributed by atoms with van der Waals surface area (Å²) in [4.78, 5) is 16.3. The highest BCUT2D eigenvalue weighted by Gasteiger charge is 2.10. The Hall–Kier alpha value is -1.37. The van der Waals surface area contributed by atoms with Crippen LogP contribution in [0.15, 0.2) is 35.4 Å². The molecular weight excluding hydrogens is 317 g/mol. The standard InChI is InChI=1S/C11H8IN3O/c1-14-10-9(12)13-6-15(10)8-5-3-2-4-7(8)11(14)16/h2-6H,1H3. The molecule has 0 N–H and O–H groups in total. The second kappa shape index (κ2) is 3.31. The summed E-state index contributed by atoms with van der Waals surface area (Å²) in [5, 5.41) is 0.714. The molecule has 1 aromatic carbocycles. The van der Waals surface area contributed by atoms with Crippen LogP contribution >= 0.6 is 22.6 Å². The van der Waals surface area contributed by atoms with Gasteiger partial charge < -0.3 is 0 Å². The van der Waals surface area contributed by atoms with E-state index in [0.29, 0.717) is 5.39 Å².